The fourth-order valence-electron chi connectivity index (χ4n) is 4.16. The first kappa shape index (κ1) is 20.1. The maximum absolute atomic E-state index is 13.2. The van der Waals surface area contributed by atoms with E-state index in [1.54, 1.807) is 41.7 Å². The number of piperidine rings is 1. The van der Waals surface area contributed by atoms with Crippen LogP contribution in [0.2, 0.25) is 0 Å². The van der Waals surface area contributed by atoms with Gasteiger partial charge in [0, 0.05) is 31.5 Å². The average molecular weight is 449 g/mol. The number of thiophene rings is 1. The molecule has 0 spiro atoms. The molecule has 32 heavy (non-hydrogen) atoms. The lowest BCUT2D eigenvalue weighted by Gasteiger charge is -2.32. The van der Waals surface area contributed by atoms with Gasteiger partial charge in [-0.15, -0.1) is 11.3 Å². The summed E-state index contributed by atoms with van der Waals surface area (Å²) in [5.41, 5.74) is 1.73. The number of carbonyl (C=O) groups excluding carboxylic acids is 3. The van der Waals surface area contributed by atoms with Crippen molar-refractivity contribution in [3.05, 3.63) is 54.3 Å². The van der Waals surface area contributed by atoms with Gasteiger partial charge in [-0.05, 0) is 37.1 Å². The molecule has 4 amide bonds. The molecule has 3 aromatic rings. The molecule has 0 aromatic carbocycles. The summed E-state index contributed by atoms with van der Waals surface area (Å²) < 4.78 is 0. The van der Waals surface area contributed by atoms with Gasteiger partial charge >= 0.3 is 6.03 Å². The van der Waals surface area contributed by atoms with Gasteiger partial charge < -0.3 is 15.5 Å². The van der Waals surface area contributed by atoms with Gasteiger partial charge in [-0.25, -0.2) is 9.78 Å². The number of pyridine rings is 2. The second kappa shape index (κ2) is 8.04. The van der Waals surface area contributed by atoms with Gasteiger partial charge in [0.25, 0.3) is 5.91 Å². The Morgan fingerprint density at radius 3 is 2.97 bits per heavy atom. The third-order valence-corrected chi connectivity index (χ3v) is 6.70. The number of nitrogens with zero attached hydrogens (tertiary/aromatic N) is 4. The van der Waals surface area contributed by atoms with Crippen LogP contribution in [-0.2, 0) is 4.79 Å². The standard InChI is InChI=1S/C22H20N6O3S/c1-2-16(29)27-10-4-5-13(12-27)25-20(30)19-18-17-15(7-9-24-21(17)32-19)28(22(31)26-18)14-6-3-8-23-11-14/h2-3,6-9,11,13H,1,4-5,10,12H2,(H,25,30)(H,26,31)/t13-/m1/s1. The molecule has 5 heterocycles. The van der Waals surface area contributed by atoms with Crippen molar-refractivity contribution in [2.45, 2.75) is 18.9 Å². The number of rotatable bonds is 4. The smallest absolute Gasteiger partial charge is 0.331 e. The Balaban J connectivity index is 1.47. The largest absolute Gasteiger partial charge is 0.347 e. The van der Waals surface area contributed by atoms with Crippen LogP contribution in [0.3, 0.4) is 0 Å². The molecule has 0 saturated carbocycles. The van der Waals surface area contributed by atoms with Gasteiger partial charge in [0.2, 0.25) is 5.91 Å². The molecule has 5 rings (SSSR count). The molecule has 2 aliphatic heterocycles. The van der Waals surface area contributed by atoms with Gasteiger partial charge in [-0.3, -0.25) is 19.5 Å². The van der Waals surface area contributed by atoms with Crippen LogP contribution >= 0.6 is 11.3 Å². The zero-order valence-corrected chi connectivity index (χ0v) is 17.9. The molecule has 0 radical (unpaired) electrons. The van der Waals surface area contributed by atoms with Crippen LogP contribution in [0.15, 0.2) is 49.4 Å². The van der Waals surface area contributed by atoms with Crippen LogP contribution in [0.1, 0.15) is 22.5 Å². The first-order chi connectivity index (χ1) is 15.6. The monoisotopic (exact) mass is 448 g/mol. The summed E-state index contributed by atoms with van der Waals surface area (Å²) in [6.07, 6.45) is 7.74. The van der Waals surface area contributed by atoms with Crippen molar-refractivity contribution >= 4 is 56.5 Å². The van der Waals surface area contributed by atoms with Crippen molar-refractivity contribution in [1.29, 1.82) is 0 Å². The normalized spacial score (nSPS) is 17.8. The van der Waals surface area contributed by atoms with Crippen molar-refractivity contribution in [3.8, 4) is 0 Å². The Hall–Kier alpha value is -3.79. The fourth-order valence-corrected chi connectivity index (χ4v) is 5.18. The SMILES string of the molecule is C=CC(=O)N1CCC[C@@H](NC(=O)c2sc3nccc4c3c2NC(=O)N4c2cccnc2)C1. The second-order valence-electron chi connectivity index (χ2n) is 7.59. The van der Waals surface area contributed by atoms with Crippen LogP contribution in [0.4, 0.5) is 21.9 Å². The van der Waals surface area contributed by atoms with E-state index in [1.807, 2.05) is 0 Å². The lowest BCUT2D eigenvalue weighted by atomic mass is 10.1. The summed E-state index contributed by atoms with van der Waals surface area (Å²) in [5.74, 6) is -0.431. The summed E-state index contributed by atoms with van der Waals surface area (Å²) in [6.45, 7) is 4.62. The molecular weight excluding hydrogens is 428 g/mol. The minimum Gasteiger partial charge on any atom is -0.347 e. The molecule has 1 atom stereocenters. The highest BCUT2D eigenvalue weighted by molar-refractivity contribution is 7.21. The lowest BCUT2D eigenvalue weighted by Crippen LogP contribution is -2.49. The third kappa shape index (κ3) is 3.38. The Labute approximate surface area is 187 Å². The Morgan fingerprint density at radius 2 is 2.19 bits per heavy atom. The van der Waals surface area contributed by atoms with E-state index in [2.05, 4.69) is 27.2 Å². The molecule has 1 fully saturated rings. The minimum atomic E-state index is -0.370. The van der Waals surface area contributed by atoms with Crippen molar-refractivity contribution < 1.29 is 14.4 Å². The molecule has 1 saturated heterocycles. The molecule has 0 aliphatic carbocycles. The Morgan fingerprint density at radius 1 is 1.31 bits per heavy atom. The highest BCUT2D eigenvalue weighted by Crippen LogP contribution is 2.45. The van der Waals surface area contributed by atoms with E-state index in [1.165, 1.54) is 22.3 Å². The van der Waals surface area contributed by atoms with Gasteiger partial charge in [0.15, 0.2) is 0 Å². The molecular formula is C22H20N6O3S. The van der Waals surface area contributed by atoms with Crippen LogP contribution in [0.25, 0.3) is 10.2 Å². The zero-order valence-electron chi connectivity index (χ0n) is 17.1. The third-order valence-electron chi connectivity index (χ3n) is 5.60. The molecule has 0 bridgehead atoms. The van der Waals surface area contributed by atoms with E-state index in [-0.39, 0.29) is 23.9 Å². The van der Waals surface area contributed by atoms with Gasteiger partial charge in [0.1, 0.15) is 9.71 Å². The van der Waals surface area contributed by atoms with Crippen molar-refractivity contribution in [3.63, 3.8) is 0 Å². The molecule has 162 valence electrons. The summed E-state index contributed by atoms with van der Waals surface area (Å²) in [4.78, 5) is 50.9. The maximum Gasteiger partial charge on any atom is 0.331 e. The lowest BCUT2D eigenvalue weighted by molar-refractivity contribution is -0.127. The molecule has 10 heteroatoms. The van der Waals surface area contributed by atoms with E-state index in [4.69, 9.17) is 0 Å². The number of hydrogen-bond donors (Lipinski definition) is 2. The minimum absolute atomic E-state index is 0.141. The number of anilines is 3. The molecule has 0 unspecified atom stereocenters. The van der Waals surface area contributed by atoms with Crippen molar-refractivity contribution in [2.24, 2.45) is 0 Å². The Kier molecular flexibility index (Phi) is 5.06. The molecule has 2 N–H and O–H groups in total. The van der Waals surface area contributed by atoms with E-state index in [0.29, 0.717) is 39.9 Å². The number of nitrogens with one attached hydrogen (secondary N) is 2. The first-order valence-electron chi connectivity index (χ1n) is 10.2. The maximum atomic E-state index is 13.2. The number of likely N-dealkylation sites (tertiary alicyclic amines) is 1. The topological polar surface area (TPSA) is 108 Å². The summed E-state index contributed by atoms with van der Waals surface area (Å²) in [5, 5.41) is 6.61. The number of urea groups is 1. The molecule has 3 aromatic heterocycles. The fraction of sp³-hybridized carbons (Fsp3) is 0.227. The van der Waals surface area contributed by atoms with Crippen LogP contribution < -0.4 is 15.5 Å². The van der Waals surface area contributed by atoms with Gasteiger partial charge in [-0.2, -0.15) is 0 Å². The van der Waals surface area contributed by atoms with Crippen LogP contribution in [-0.4, -0.2) is 51.8 Å². The van der Waals surface area contributed by atoms with E-state index in [0.717, 1.165) is 18.2 Å². The van der Waals surface area contributed by atoms with E-state index < -0.39 is 0 Å². The van der Waals surface area contributed by atoms with Crippen molar-refractivity contribution in [1.82, 2.24) is 20.2 Å². The number of aromatic nitrogens is 2. The predicted molar refractivity (Wildman–Crippen MR) is 122 cm³/mol. The Bertz CT molecular complexity index is 1240. The zero-order chi connectivity index (χ0) is 22.2. The van der Waals surface area contributed by atoms with E-state index >= 15 is 0 Å². The number of hydrogen-bond acceptors (Lipinski definition) is 6. The molecule has 9 nitrogen and oxygen atoms in total. The van der Waals surface area contributed by atoms with Gasteiger partial charge in [0.05, 0.1) is 28.6 Å². The van der Waals surface area contributed by atoms with Gasteiger partial charge in [-0.1, -0.05) is 6.58 Å². The number of amides is 4. The van der Waals surface area contributed by atoms with Crippen LogP contribution in [0, 0.1) is 0 Å². The van der Waals surface area contributed by atoms with E-state index in [9.17, 15) is 14.4 Å². The molecule has 2 aliphatic rings. The quantitative estimate of drug-likeness (QED) is 0.596. The average Bonchev–Trinajstić information content (AvgIpc) is 3.19. The second-order valence-corrected chi connectivity index (χ2v) is 8.59. The summed E-state index contributed by atoms with van der Waals surface area (Å²) in [6, 6.07) is 4.77. The first-order valence-corrected chi connectivity index (χ1v) is 11.0. The summed E-state index contributed by atoms with van der Waals surface area (Å²) in [7, 11) is 0. The predicted octanol–water partition coefficient (Wildman–Crippen LogP) is 3.28. The summed E-state index contributed by atoms with van der Waals surface area (Å²) >= 11 is 1.23. The van der Waals surface area contributed by atoms with Crippen LogP contribution in [0.5, 0.6) is 0 Å². The highest BCUT2D eigenvalue weighted by Gasteiger charge is 2.33. The highest BCUT2D eigenvalue weighted by atomic mass is 32.1. The number of carbonyl (C=O) groups is 3. The van der Waals surface area contributed by atoms with Crippen molar-refractivity contribution in [2.75, 3.05) is 23.3 Å².